The van der Waals surface area contributed by atoms with Gasteiger partial charge in [-0.15, -0.1) is 0 Å². The molecule has 0 aliphatic heterocycles. The molecule has 0 atom stereocenters. The predicted octanol–water partition coefficient (Wildman–Crippen LogP) is 16.2. The fourth-order valence-corrected chi connectivity index (χ4v) is 8.41. The third-order valence-electron chi connectivity index (χ3n) is 11.4. The van der Waals surface area contributed by atoms with E-state index in [2.05, 4.69) is 132 Å². The van der Waals surface area contributed by atoms with E-state index in [1.165, 1.54) is 0 Å². The van der Waals surface area contributed by atoms with Gasteiger partial charge in [0.15, 0.2) is 11.4 Å². The van der Waals surface area contributed by atoms with Crippen molar-refractivity contribution < 1.29 is 0 Å². The second kappa shape index (κ2) is 17.0. The van der Waals surface area contributed by atoms with Crippen molar-refractivity contribution in [2.24, 2.45) is 0 Å². The predicted molar refractivity (Wildman–Crippen MR) is 262 cm³/mol. The van der Waals surface area contributed by atoms with Gasteiger partial charge in [-0.25, -0.2) is 9.69 Å². The van der Waals surface area contributed by atoms with Gasteiger partial charge in [0.2, 0.25) is 0 Å². The monoisotopic (exact) mass is 819 g/mol. The molecule has 1 heterocycles. The van der Waals surface area contributed by atoms with Crippen LogP contribution in [0.5, 0.6) is 0 Å². The highest BCUT2D eigenvalue weighted by Crippen LogP contribution is 2.43. The number of nitrogens with zero attached hydrogens (tertiary/aromatic N) is 7. The first-order valence-corrected chi connectivity index (χ1v) is 20.8. The van der Waals surface area contributed by atoms with Gasteiger partial charge in [0.1, 0.15) is 0 Å². The first kappa shape index (κ1) is 38.8. The highest BCUT2D eigenvalue weighted by Gasteiger charge is 2.21. The lowest BCUT2D eigenvalue weighted by Crippen LogP contribution is -2.10. The van der Waals surface area contributed by atoms with Crippen molar-refractivity contribution in [1.29, 1.82) is 5.26 Å². The smallest absolute Gasteiger partial charge is 0.187 e. The largest absolute Gasteiger partial charge is 0.311 e. The van der Waals surface area contributed by atoms with Gasteiger partial charge in [0.25, 0.3) is 0 Å². The number of fused-ring (bicyclic) bond motifs is 3. The van der Waals surface area contributed by atoms with Crippen LogP contribution in [0.3, 0.4) is 0 Å². The van der Waals surface area contributed by atoms with E-state index in [0.29, 0.717) is 16.9 Å². The second-order valence-electron chi connectivity index (χ2n) is 15.2. The molecule has 0 amide bonds. The highest BCUT2D eigenvalue weighted by atomic mass is 15.2. The number of hydrogen-bond donors (Lipinski definition) is 0. The molecule has 0 saturated heterocycles. The number of rotatable bonds is 10. The number of aromatic nitrogens is 1. The normalized spacial score (nSPS) is 10.8. The molecule has 64 heavy (non-hydrogen) atoms. The van der Waals surface area contributed by atoms with Gasteiger partial charge in [-0.3, -0.25) is 0 Å². The Morgan fingerprint density at radius 1 is 0.359 bits per heavy atom. The Morgan fingerprint density at radius 2 is 0.672 bits per heavy atom. The van der Waals surface area contributed by atoms with Crippen LogP contribution in [0.15, 0.2) is 224 Å². The van der Waals surface area contributed by atoms with E-state index < -0.39 is 0 Å². The molecule has 0 fully saturated rings. The van der Waals surface area contributed by atoms with E-state index >= 15 is 0 Å². The van der Waals surface area contributed by atoms with E-state index in [4.69, 9.17) is 13.1 Å². The zero-order valence-electron chi connectivity index (χ0n) is 34.5. The summed E-state index contributed by atoms with van der Waals surface area (Å²) in [5.41, 5.74) is 13.5. The van der Waals surface area contributed by atoms with Crippen LogP contribution in [0.1, 0.15) is 5.56 Å². The number of nitriles is 1. The van der Waals surface area contributed by atoms with Gasteiger partial charge in [0.05, 0.1) is 35.8 Å². The molecule has 1 aromatic heterocycles. The maximum Gasteiger partial charge on any atom is 0.187 e. The average molecular weight is 820 g/mol. The maximum atomic E-state index is 9.62. The average Bonchev–Trinajstić information content (AvgIpc) is 3.69. The zero-order chi connectivity index (χ0) is 43.4. The van der Waals surface area contributed by atoms with Crippen LogP contribution < -0.4 is 14.7 Å². The van der Waals surface area contributed by atoms with Gasteiger partial charge >= 0.3 is 0 Å². The number of para-hydroxylation sites is 3. The molecule has 0 bridgehead atoms. The number of hydrogen-bond acceptors (Lipinski definition) is 4. The van der Waals surface area contributed by atoms with Crippen LogP contribution in [0.4, 0.5) is 62.6 Å². The molecule has 0 N–H and O–H groups in total. The Labute approximate surface area is 372 Å². The standard InChI is InChI=1S/C57H37N7/c1-59-42-20-26-48(27-21-42)61(44-12-6-3-7-13-44)50-30-32-51(33-31-50)64-56-38-52(62(45-14-8-4-9-15-45)47-24-18-41(40-58)19-25-47)34-36-54(56)55-37-35-53(39-57(55)64)63(46-16-10-5-11-17-46)49-28-22-43(60-2)23-29-49/h3-39H. The van der Waals surface area contributed by atoms with Crippen molar-refractivity contribution in [3.63, 3.8) is 0 Å². The molecular weight excluding hydrogens is 783 g/mol. The first-order chi connectivity index (χ1) is 31.6. The fraction of sp³-hybridized carbons (Fsp3) is 0. The Hall–Kier alpha value is -9.35. The summed E-state index contributed by atoms with van der Waals surface area (Å²) < 4.78 is 2.34. The third-order valence-corrected chi connectivity index (χ3v) is 11.4. The number of benzene rings is 9. The van der Waals surface area contributed by atoms with Gasteiger partial charge in [-0.2, -0.15) is 5.26 Å². The molecule has 7 heteroatoms. The Kier molecular flexibility index (Phi) is 10.3. The lowest BCUT2D eigenvalue weighted by Gasteiger charge is -2.26. The van der Waals surface area contributed by atoms with Crippen molar-refractivity contribution >= 4 is 84.4 Å². The van der Waals surface area contributed by atoms with Gasteiger partial charge in [0, 0.05) is 67.6 Å². The zero-order valence-corrected chi connectivity index (χ0v) is 34.5. The van der Waals surface area contributed by atoms with Gasteiger partial charge in [-0.05, 0) is 133 Å². The van der Waals surface area contributed by atoms with Crippen molar-refractivity contribution in [2.75, 3.05) is 14.7 Å². The number of anilines is 9. The molecule has 0 saturated carbocycles. The summed E-state index contributed by atoms with van der Waals surface area (Å²) in [6, 6.07) is 78.1. The van der Waals surface area contributed by atoms with Crippen LogP contribution in [-0.2, 0) is 0 Å². The lowest BCUT2D eigenvalue weighted by atomic mass is 10.1. The second-order valence-corrected chi connectivity index (χ2v) is 15.2. The third kappa shape index (κ3) is 7.31. The Morgan fingerprint density at radius 3 is 1.03 bits per heavy atom. The molecular formula is C57H37N7. The maximum absolute atomic E-state index is 9.62. The molecule has 10 rings (SSSR count). The summed E-state index contributed by atoms with van der Waals surface area (Å²) in [4.78, 5) is 13.9. The molecule has 10 aromatic rings. The van der Waals surface area contributed by atoms with Crippen LogP contribution >= 0.6 is 0 Å². The Bertz CT molecular complexity index is 3220. The molecule has 7 nitrogen and oxygen atoms in total. The first-order valence-electron chi connectivity index (χ1n) is 20.8. The minimum atomic E-state index is 0.586. The molecule has 9 aromatic carbocycles. The van der Waals surface area contributed by atoms with E-state index in [9.17, 15) is 5.26 Å². The molecule has 0 spiro atoms. The van der Waals surface area contributed by atoms with Crippen molar-refractivity contribution in [2.45, 2.75) is 0 Å². The van der Waals surface area contributed by atoms with Crippen molar-refractivity contribution in [3.05, 3.63) is 253 Å². The topological polar surface area (TPSA) is 47.2 Å². The minimum Gasteiger partial charge on any atom is -0.311 e. The summed E-state index contributed by atoms with van der Waals surface area (Å²) in [5, 5.41) is 11.8. The van der Waals surface area contributed by atoms with Crippen molar-refractivity contribution in [1.82, 2.24) is 4.57 Å². The Balaban J connectivity index is 1.19. The van der Waals surface area contributed by atoms with Crippen molar-refractivity contribution in [3.8, 4) is 11.8 Å². The quantitative estimate of drug-likeness (QED) is 0.129. The van der Waals surface area contributed by atoms with Gasteiger partial charge in [-0.1, -0.05) is 91.0 Å². The lowest BCUT2D eigenvalue weighted by molar-refractivity contribution is 1.17. The van der Waals surface area contributed by atoms with Crippen LogP contribution in [0.2, 0.25) is 0 Å². The fourth-order valence-electron chi connectivity index (χ4n) is 8.41. The van der Waals surface area contributed by atoms with Crippen LogP contribution in [-0.4, -0.2) is 4.57 Å². The van der Waals surface area contributed by atoms with Gasteiger partial charge < -0.3 is 19.3 Å². The van der Waals surface area contributed by atoms with Crippen LogP contribution in [0.25, 0.3) is 37.2 Å². The SMILES string of the molecule is [C-]#[N+]c1ccc(N(c2ccccc2)c2ccc(-n3c4cc(N(c5ccccc5)c5ccc(C#N)cc5)ccc4c4ccc(N(c5ccccc5)c5ccc([N+]#[C-])cc5)cc43)cc2)cc1. The summed E-state index contributed by atoms with van der Waals surface area (Å²) in [5.74, 6) is 0. The van der Waals surface area contributed by atoms with E-state index in [0.717, 1.165) is 78.7 Å². The highest BCUT2D eigenvalue weighted by molar-refractivity contribution is 6.11. The minimum absolute atomic E-state index is 0.586. The molecule has 0 aliphatic carbocycles. The summed E-state index contributed by atoms with van der Waals surface area (Å²) in [7, 11) is 0. The summed E-state index contributed by atoms with van der Waals surface area (Å²) >= 11 is 0. The van der Waals surface area contributed by atoms with Crippen LogP contribution in [0, 0.1) is 24.5 Å². The van der Waals surface area contributed by atoms with E-state index in [-0.39, 0.29) is 0 Å². The molecule has 0 unspecified atom stereocenters. The summed E-state index contributed by atoms with van der Waals surface area (Å²) in [6.07, 6.45) is 0. The molecule has 300 valence electrons. The molecule has 0 aliphatic rings. The summed E-state index contributed by atoms with van der Waals surface area (Å²) in [6.45, 7) is 15.1. The molecule has 0 radical (unpaired) electrons. The van der Waals surface area contributed by atoms with E-state index in [1.54, 1.807) is 0 Å². The van der Waals surface area contributed by atoms with E-state index in [1.807, 2.05) is 127 Å².